The molecular formula is C48H68P2. The van der Waals surface area contributed by atoms with Gasteiger partial charge in [0, 0.05) is 0 Å². The van der Waals surface area contributed by atoms with Crippen LogP contribution in [0, 0.1) is 0 Å². The van der Waals surface area contributed by atoms with Crippen molar-refractivity contribution in [1.82, 2.24) is 0 Å². The minimum absolute atomic E-state index is 0.299. The Morgan fingerprint density at radius 3 is 0.720 bits per heavy atom. The molecule has 0 aliphatic rings. The van der Waals surface area contributed by atoms with Crippen molar-refractivity contribution in [2.45, 2.75) is 143 Å². The number of rotatable bonds is 25. The molecule has 0 spiro atoms. The Labute approximate surface area is 310 Å². The largest absolute Gasteiger partial charge is 0.0654 e. The van der Waals surface area contributed by atoms with E-state index in [1.54, 1.807) is 21.2 Å². The van der Waals surface area contributed by atoms with E-state index < -0.39 is 0 Å². The Bertz CT molecular complexity index is 1200. The van der Waals surface area contributed by atoms with Crippen LogP contribution in [0.5, 0.6) is 0 Å². The molecule has 270 valence electrons. The lowest BCUT2D eigenvalue weighted by atomic mass is 10.1. The smallest absolute Gasteiger partial charge is 0.0195 e. The van der Waals surface area contributed by atoms with Gasteiger partial charge in [0.1, 0.15) is 0 Å². The van der Waals surface area contributed by atoms with Crippen LogP contribution < -0.4 is 21.2 Å². The summed E-state index contributed by atoms with van der Waals surface area (Å²) in [6, 6.07) is 38.9. The zero-order valence-corrected chi connectivity index (χ0v) is 34.1. The van der Waals surface area contributed by atoms with Crippen LogP contribution in [-0.2, 0) is 25.7 Å². The number of hydrogen-bond donors (Lipinski definition) is 0. The monoisotopic (exact) mass is 706 g/mol. The number of aryl methyl sites for hydroxylation is 4. The molecule has 0 bridgehead atoms. The maximum absolute atomic E-state index is 2.46. The summed E-state index contributed by atoms with van der Waals surface area (Å²) in [5, 5.41) is 6.25. The lowest BCUT2D eigenvalue weighted by molar-refractivity contribution is 0.628. The highest BCUT2D eigenvalue weighted by Crippen LogP contribution is 2.37. The van der Waals surface area contributed by atoms with Crippen molar-refractivity contribution in [3.8, 4) is 0 Å². The van der Waals surface area contributed by atoms with E-state index in [1.807, 2.05) is 0 Å². The summed E-state index contributed by atoms with van der Waals surface area (Å²) in [7, 11) is -0.598. The maximum Gasteiger partial charge on any atom is -0.0195 e. The van der Waals surface area contributed by atoms with Gasteiger partial charge in [-0.15, -0.1) is 0 Å². The van der Waals surface area contributed by atoms with E-state index in [1.165, 1.54) is 150 Å². The van der Waals surface area contributed by atoms with Crippen molar-refractivity contribution in [2.24, 2.45) is 0 Å². The lowest BCUT2D eigenvalue weighted by Gasteiger charge is -2.20. The first-order valence-corrected chi connectivity index (χ1v) is 23.6. The number of benzene rings is 4. The van der Waals surface area contributed by atoms with Gasteiger partial charge in [-0.3, -0.25) is 0 Å². The molecule has 0 heterocycles. The van der Waals surface area contributed by atoms with Gasteiger partial charge < -0.3 is 0 Å². The van der Waals surface area contributed by atoms with Crippen molar-refractivity contribution < 1.29 is 0 Å². The molecule has 4 rings (SSSR count). The molecule has 0 aliphatic heterocycles. The molecule has 50 heavy (non-hydrogen) atoms. The van der Waals surface area contributed by atoms with Crippen LogP contribution in [0.4, 0.5) is 0 Å². The van der Waals surface area contributed by atoms with Crippen LogP contribution in [0.2, 0.25) is 0 Å². The van der Waals surface area contributed by atoms with Gasteiger partial charge in [-0.2, -0.15) is 0 Å². The van der Waals surface area contributed by atoms with E-state index >= 15 is 0 Å². The quantitative estimate of drug-likeness (QED) is 0.0475. The third-order valence-electron chi connectivity index (χ3n) is 10.3. The summed E-state index contributed by atoms with van der Waals surface area (Å²) in [5.41, 5.74) is 5.99. The molecule has 0 radical (unpaired) electrons. The van der Waals surface area contributed by atoms with Crippen LogP contribution in [0.3, 0.4) is 0 Å². The second-order valence-corrected chi connectivity index (χ2v) is 19.2. The Balaban J connectivity index is 1.30. The van der Waals surface area contributed by atoms with E-state index in [2.05, 4.69) is 125 Å². The van der Waals surface area contributed by atoms with Crippen molar-refractivity contribution in [1.29, 1.82) is 0 Å². The first-order chi connectivity index (χ1) is 24.6. The van der Waals surface area contributed by atoms with Crippen LogP contribution in [0.1, 0.15) is 140 Å². The fraction of sp³-hybridized carbons (Fsp3) is 0.500. The zero-order valence-electron chi connectivity index (χ0n) is 32.3. The molecule has 4 aromatic rings. The summed E-state index contributed by atoms with van der Waals surface area (Å²) in [6.45, 7) is 9.16. The van der Waals surface area contributed by atoms with Crippen molar-refractivity contribution in [2.75, 3.05) is 12.3 Å². The molecule has 0 amide bonds. The van der Waals surface area contributed by atoms with Crippen molar-refractivity contribution in [3.63, 3.8) is 0 Å². The van der Waals surface area contributed by atoms with Gasteiger partial charge in [0.05, 0.1) is 0 Å². The predicted molar refractivity (Wildman–Crippen MR) is 230 cm³/mol. The SMILES string of the molecule is CCCCc1ccc(P(CCCCCCCCP(c2ccc(CCCC)cc2)c2ccc(CCCC)cc2)c2ccc(CCCC)cc2)cc1. The van der Waals surface area contributed by atoms with Crippen LogP contribution in [-0.4, -0.2) is 12.3 Å². The molecule has 0 N–H and O–H groups in total. The lowest BCUT2D eigenvalue weighted by Crippen LogP contribution is -2.15. The van der Waals surface area contributed by atoms with Crippen LogP contribution in [0.25, 0.3) is 0 Å². The second kappa shape index (κ2) is 24.1. The molecule has 0 unspecified atom stereocenters. The fourth-order valence-corrected chi connectivity index (χ4v) is 11.7. The summed E-state index contributed by atoms with van der Waals surface area (Å²) >= 11 is 0. The van der Waals surface area contributed by atoms with Gasteiger partial charge in [0.2, 0.25) is 0 Å². The molecule has 4 aromatic carbocycles. The third kappa shape index (κ3) is 14.0. The van der Waals surface area contributed by atoms with Gasteiger partial charge >= 0.3 is 0 Å². The van der Waals surface area contributed by atoms with Crippen molar-refractivity contribution in [3.05, 3.63) is 119 Å². The van der Waals surface area contributed by atoms with E-state index in [9.17, 15) is 0 Å². The van der Waals surface area contributed by atoms with Gasteiger partial charge in [-0.25, -0.2) is 0 Å². The van der Waals surface area contributed by atoms with Crippen molar-refractivity contribution >= 4 is 37.1 Å². The van der Waals surface area contributed by atoms with Gasteiger partial charge in [-0.05, 0) is 136 Å². The first kappa shape index (κ1) is 40.5. The zero-order chi connectivity index (χ0) is 35.2. The van der Waals surface area contributed by atoms with E-state index in [0.717, 1.165) is 0 Å². The second-order valence-electron chi connectivity index (χ2n) is 14.5. The van der Waals surface area contributed by atoms with Crippen LogP contribution in [0.15, 0.2) is 97.1 Å². The number of hydrogen-bond acceptors (Lipinski definition) is 0. The minimum Gasteiger partial charge on any atom is -0.0654 e. The summed E-state index contributed by atoms with van der Waals surface area (Å²) < 4.78 is 0. The van der Waals surface area contributed by atoms with E-state index in [-0.39, 0.29) is 15.8 Å². The Kier molecular flexibility index (Phi) is 19.5. The van der Waals surface area contributed by atoms with E-state index in [0.29, 0.717) is 0 Å². The molecule has 0 atom stereocenters. The summed E-state index contributed by atoms with van der Waals surface area (Å²) in [4.78, 5) is 0. The standard InChI is InChI=1S/C48H68P2/c1-5-9-19-41-23-31-45(32-24-41)49(46-33-25-42(26-34-46)20-10-6-2)39-17-15-13-14-16-18-40-50(47-35-27-43(28-36-47)21-11-7-3)48-37-29-44(30-38-48)22-12-8-4/h23-38H,5-22,39-40H2,1-4H3. The topological polar surface area (TPSA) is 0 Å². The molecule has 0 aliphatic carbocycles. The summed E-state index contributed by atoms with van der Waals surface area (Å²) in [6.07, 6.45) is 25.8. The third-order valence-corrected chi connectivity index (χ3v) is 15.5. The highest BCUT2D eigenvalue weighted by Gasteiger charge is 2.16. The van der Waals surface area contributed by atoms with Gasteiger partial charge in [-0.1, -0.05) is 176 Å². The first-order valence-electron chi connectivity index (χ1n) is 20.6. The fourth-order valence-electron chi connectivity index (χ4n) is 6.96. The predicted octanol–water partition coefficient (Wildman–Crippen LogP) is 13.0. The summed E-state index contributed by atoms with van der Waals surface area (Å²) in [5.74, 6) is 0. The molecule has 0 nitrogen and oxygen atoms in total. The van der Waals surface area contributed by atoms with Crippen LogP contribution >= 0.6 is 15.8 Å². The maximum atomic E-state index is 2.46. The van der Waals surface area contributed by atoms with E-state index in [4.69, 9.17) is 0 Å². The molecule has 2 heteroatoms. The normalized spacial score (nSPS) is 11.6. The minimum atomic E-state index is -0.299. The molecule has 0 saturated heterocycles. The van der Waals surface area contributed by atoms with Gasteiger partial charge in [0.15, 0.2) is 0 Å². The average Bonchev–Trinajstić information content (AvgIpc) is 3.16. The molecule has 0 fully saturated rings. The molecule has 0 aromatic heterocycles. The highest BCUT2D eigenvalue weighted by molar-refractivity contribution is 7.73. The Morgan fingerprint density at radius 2 is 0.500 bits per heavy atom. The molecule has 0 saturated carbocycles. The van der Waals surface area contributed by atoms with Gasteiger partial charge in [0.25, 0.3) is 0 Å². The highest BCUT2D eigenvalue weighted by atomic mass is 31.1. The Hall–Kier alpha value is -2.26. The average molecular weight is 707 g/mol. The molecular weight excluding hydrogens is 638 g/mol. The number of unbranched alkanes of at least 4 members (excludes halogenated alkanes) is 9. The Morgan fingerprint density at radius 1 is 0.280 bits per heavy atom.